The lowest BCUT2D eigenvalue weighted by Crippen LogP contribution is -2.41. The summed E-state index contributed by atoms with van der Waals surface area (Å²) in [5.74, 6) is 0.0995. The number of likely N-dealkylation sites (tertiary alicyclic amines) is 1. The molecule has 0 unspecified atom stereocenters. The molecular weight excluding hydrogens is 374 g/mol. The second-order valence-corrected chi connectivity index (χ2v) is 9.88. The standard InChI is InChI=1S/C21H35N3O3S/c1-18(2)19-9-11-20(12-10-19)24(28(3,26)27)17-21(25)22-13-8-16-23-14-6-4-5-7-15-23/h9-12,18H,4-8,13-17H2,1-3H3,(H,22,25). The van der Waals surface area contributed by atoms with Crippen LogP contribution in [0.25, 0.3) is 0 Å². The van der Waals surface area contributed by atoms with E-state index in [-0.39, 0.29) is 12.5 Å². The van der Waals surface area contributed by atoms with Gasteiger partial charge < -0.3 is 10.2 Å². The van der Waals surface area contributed by atoms with E-state index in [2.05, 4.69) is 24.1 Å². The van der Waals surface area contributed by atoms with E-state index in [0.29, 0.717) is 18.2 Å². The highest BCUT2D eigenvalue weighted by molar-refractivity contribution is 7.92. The summed E-state index contributed by atoms with van der Waals surface area (Å²) < 4.78 is 25.6. The summed E-state index contributed by atoms with van der Waals surface area (Å²) in [5.41, 5.74) is 1.65. The van der Waals surface area contributed by atoms with Crippen LogP contribution in [0.5, 0.6) is 0 Å². The van der Waals surface area contributed by atoms with Crippen molar-refractivity contribution in [2.75, 3.05) is 43.3 Å². The van der Waals surface area contributed by atoms with E-state index in [9.17, 15) is 13.2 Å². The van der Waals surface area contributed by atoms with Crippen LogP contribution in [0.2, 0.25) is 0 Å². The molecule has 1 N–H and O–H groups in total. The van der Waals surface area contributed by atoms with E-state index in [1.165, 1.54) is 30.0 Å². The summed E-state index contributed by atoms with van der Waals surface area (Å²) in [6, 6.07) is 7.36. The first kappa shape index (κ1) is 22.7. The van der Waals surface area contributed by atoms with Crippen LogP contribution >= 0.6 is 0 Å². The first-order valence-corrected chi connectivity index (χ1v) is 12.2. The molecule has 1 aromatic carbocycles. The Hall–Kier alpha value is -1.60. The van der Waals surface area contributed by atoms with Crippen molar-refractivity contribution in [2.45, 2.75) is 51.9 Å². The fourth-order valence-corrected chi connectivity index (χ4v) is 4.36. The molecular formula is C21H35N3O3S. The van der Waals surface area contributed by atoms with Gasteiger partial charge in [0.1, 0.15) is 6.54 Å². The second-order valence-electron chi connectivity index (χ2n) is 7.98. The summed E-state index contributed by atoms with van der Waals surface area (Å²) in [4.78, 5) is 14.8. The molecule has 0 atom stereocenters. The molecule has 0 aliphatic carbocycles. The van der Waals surface area contributed by atoms with Crippen molar-refractivity contribution in [3.63, 3.8) is 0 Å². The molecule has 6 nitrogen and oxygen atoms in total. The van der Waals surface area contributed by atoms with E-state index in [4.69, 9.17) is 0 Å². The zero-order valence-electron chi connectivity index (χ0n) is 17.5. The van der Waals surface area contributed by atoms with Crippen LogP contribution in [0.15, 0.2) is 24.3 Å². The molecule has 1 saturated heterocycles. The van der Waals surface area contributed by atoms with Gasteiger partial charge in [0.25, 0.3) is 0 Å². The zero-order chi connectivity index (χ0) is 20.6. The topological polar surface area (TPSA) is 69.7 Å². The number of carbonyl (C=O) groups is 1. The monoisotopic (exact) mass is 409 g/mol. The van der Waals surface area contributed by atoms with Gasteiger partial charge in [-0.05, 0) is 62.5 Å². The molecule has 2 rings (SSSR count). The number of benzene rings is 1. The van der Waals surface area contributed by atoms with E-state index in [1.807, 2.05) is 12.1 Å². The number of amides is 1. The number of hydrogen-bond acceptors (Lipinski definition) is 4. The molecule has 1 aliphatic rings. The fourth-order valence-electron chi connectivity index (χ4n) is 3.50. The Labute approximate surface area is 170 Å². The number of carbonyl (C=O) groups excluding carboxylic acids is 1. The molecule has 1 amide bonds. The quantitative estimate of drug-likeness (QED) is 0.637. The lowest BCUT2D eigenvalue weighted by Gasteiger charge is -2.23. The van der Waals surface area contributed by atoms with Crippen LogP contribution in [0.3, 0.4) is 0 Å². The van der Waals surface area contributed by atoms with Gasteiger partial charge in [-0.3, -0.25) is 9.10 Å². The summed E-state index contributed by atoms with van der Waals surface area (Å²) in [5, 5.41) is 2.87. The predicted octanol–water partition coefficient (Wildman–Crippen LogP) is 2.96. The number of nitrogens with one attached hydrogen (secondary N) is 1. The average Bonchev–Trinajstić information content (AvgIpc) is 2.91. The van der Waals surface area contributed by atoms with Crippen LogP contribution in [-0.2, 0) is 14.8 Å². The number of rotatable bonds is 9. The minimum atomic E-state index is -3.53. The number of anilines is 1. The van der Waals surface area contributed by atoms with Crippen LogP contribution in [-0.4, -0.2) is 58.2 Å². The summed E-state index contributed by atoms with van der Waals surface area (Å²) in [6.07, 6.45) is 7.15. The molecule has 0 radical (unpaired) electrons. The minimum Gasteiger partial charge on any atom is -0.354 e. The highest BCUT2D eigenvalue weighted by atomic mass is 32.2. The maximum atomic E-state index is 12.3. The predicted molar refractivity (Wildman–Crippen MR) is 115 cm³/mol. The molecule has 0 spiro atoms. The molecule has 1 heterocycles. The van der Waals surface area contributed by atoms with Crippen LogP contribution in [0.4, 0.5) is 5.69 Å². The Morgan fingerprint density at radius 3 is 2.25 bits per heavy atom. The van der Waals surface area contributed by atoms with Gasteiger partial charge in [0, 0.05) is 6.54 Å². The first-order chi connectivity index (χ1) is 13.3. The van der Waals surface area contributed by atoms with Crippen molar-refractivity contribution in [3.05, 3.63) is 29.8 Å². The smallest absolute Gasteiger partial charge is 0.240 e. The van der Waals surface area contributed by atoms with Crippen molar-refractivity contribution in [1.29, 1.82) is 0 Å². The molecule has 158 valence electrons. The number of hydrogen-bond donors (Lipinski definition) is 1. The molecule has 1 aromatic rings. The van der Waals surface area contributed by atoms with Crippen molar-refractivity contribution in [3.8, 4) is 0 Å². The average molecular weight is 410 g/mol. The minimum absolute atomic E-state index is 0.191. The Balaban J connectivity index is 1.85. The third-order valence-electron chi connectivity index (χ3n) is 5.21. The van der Waals surface area contributed by atoms with Crippen LogP contribution < -0.4 is 9.62 Å². The number of nitrogens with zero attached hydrogens (tertiary/aromatic N) is 2. The van der Waals surface area contributed by atoms with Gasteiger partial charge in [0.15, 0.2) is 0 Å². The van der Waals surface area contributed by atoms with Gasteiger partial charge in [-0.25, -0.2) is 8.42 Å². The Bertz CT molecular complexity index is 709. The second kappa shape index (κ2) is 10.8. The highest BCUT2D eigenvalue weighted by Crippen LogP contribution is 2.21. The van der Waals surface area contributed by atoms with E-state index in [0.717, 1.165) is 37.9 Å². The van der Waals surface area contributed by atoms with Crippen molar-refractivity contribution in [2.24, 2.45) is 0 Å². The summed E-state index contributed by atoms with van der Waals surface area (Å²) >= 11 is 0. The Morgan fingerprint density at radius 2 is 1.71 bits per heavy atom. The SMILES string of the molecule is CC(C)c1ccc(N(CC(=O)NCCCN2CCCCCC2)S(C)(=O)=O)cc1. The molecule has 28 heavy (non-hydrogen) atoms. The first-order valence-electron chi connectivity index (χ1n) is 10.3. The maximum absolute atomic E-state index is 12.3. The lowest BCUT2D eigenvalue weighted by molar-refractivity contribution is -0.119. The fraction of sp³-hybridized carbons (Fsp3) is 0.667. The Morgan fingerprint density at radius 1 is 1.11 bits per heavy atom. The zero-order valence-corrected chi connectivity index (χ0v) is 18.3. The van der Waals surface area contributed by atoms with Gasteiger partial charge in [0.2, 0.25) is 15.9 Å². The van der Waals surface area contributed by atoms with Gasteiger partial charge in [-0.1, -0.05) is 38.8 Å². The van der Waals surface area contributed by atoms with Gasteiger partial charge in [-0.2, -0.15) is 0 Å². The van der Waals surface area contributed by atoms with Gasteiger partial charge in [0.05, 0.1) is 11.9 Å². The normalized spacial score (nSPS) is 16.0. The molecule has 1 aliphatic heterocycles. The van der Waals surface area contributed by atoms with Crippen molar-refractivity contribution >= 4 is 21.6 Å². The third-order valence-corrected chi connectivity index (χ3v) is 6.35. The molecule has 0 aromatic heterocycles. The molecule has 0 bridgehead atoms. The van der Waals surface area contributed by atoms with E-state index in [1.54, 1.807) is 12.1 Å². The molecule has 7 heteroatoms. The largest absolute Gasteiger partial charge is 0.354 e. The van der Waals surface area contributed by atoms with Crippen molar-refractivity contribution in [1.82, 2.24) is 10.2 Å². The van der Waals surface area contributed by atoms with Crippen LogP contribution in [0, 0.1) is 0 Å². The molecule has 1 fully saturated rings. The third kappa shape index (κ3) is 7.43. The lowest BCUT2D eigenvalue weighted by atomic mass is 10.0. The van der Waals surface area contributed by atoms with E-state index < -0.39 is 10.0 Å². The van der Waals surface area contributed by atoms with Gasteiger partial charge >= 0.3 is 0 Å². The maximum Gasteiger partial charge on any atom is 0.240 e. The van der Waals surface area contributed by atoms with Crippen LogP contribution in [0.1, 0.15) is 57.4 Å². The Kier molecular flexibility index (Phi) is 8.76. The van der Waals surface area contributed by atoms with Gasteiger partial charge in [-0.15, -0.1) is 0 Å². The number of sulfonamides is 1. The van der Waals surface area contributed by atoms with E-state index >= 15 is 0 Å². The summed E-state index contributed by atoms with van der Waals surface area (Å²) in [7, 11) is -3.53. The molecule has 0 saturated carbocycles. The highest BCUT2D eigenvalue weighted by Gasteiger charge is 2.21. The van der Waals surface area contributed by atoms with Crippen molar-refractivity contribution < 1.29 is 13.2 Å². The summed E-state index contributed by atoms with van der Waals surface area (Å²) in [6.45, 7) is 7.81.